The molecule has 13 heavy (non-hydrogen) atoms. The van der Waals surface area contributed by atoms with E-state index in [9.17, 15) is 4.79 Å². The molecule has 0 aromatic carbocycles. The molecule has 0 saturated heterocycles. The number of ether oxygens (including phenoxy) is 1. The summed E-state index contributed by atoms with van der Waals surface area (Å²) in [6.45, 7) is 2.18. The Kier molecular flexibility index (Phi) is 3.36. The van der Waals surface area contributed by atoms with Crippen molar-refractivity contribution in [3.63, 3.8) is 0 Å². The predicted molar refractivity (Wildman–Crippen MR) is 50.9 cm³/mol. The highest BCUT2D eigenvalue weighted by Gasteiger charge is 2.15. The monoisotopic (exact) mass is 200 g/mol. The largest absolute Gasteiger partial charge is 0.462 e. The van der Waals surface area contributed by atoms with E-state index in [1.165, 1.54) is 18.0 Å². The Morgan fingerprint density at radius 2 is 2.46 bits per heavy atom. The highest BCUT2D eigenvalue weighted by Crippen LogP contribution is 2.19. The van der Waals surface area contributed by atoms with Gasteiger partial charge in [-0.1, -0.05) is 0 Å². The van der Waals surface area contributed by atoms with Crippen LogP contribution in [0.1, 0.15) is 17.3 Å². The van der Waals surface area contributed by atoms with E-state index < -0.39 is 0 Å². The average molecular weight is 200 g/mol. The third kappa shape index (κ3) is 2.03. The second kappa shape index (κ2) is 4.32. The van der Waals surface area contributed by atoms with Crippen molar-refractivity contribution in [3.8, 4) is 0 Å². The lowest BCUT2D eigenvalue weighted by atomic mass is 10.4. The van der Waals surface area contributed by atoms with Crippen molar-refractivity contribution in [1.82, 2.24) is 9.78 Å². The fraction of sp³-hybridized carbons (Fsp3) is 0.500. The zero-order valence-corrected chi connectivity index (χ0v) is 8.72. The van der Waals surface area contributed by atoms with Gasteiger partial charge in [-0.25, -0.2) is 4.79 Å². The van der Waals surface area contributed by atoms with Gasteiger partial charge in [0.2, 0.25) is 0 Å². The molecule has 0 N–H and O–H groups in total. The van der Waals surface area contributed by atoms with Crippen LogP contribution >= 0.6 is 11.8 Å². The Balaban J connectivity index is 2.93. The van der Waals surface area contributed by atoms with Gasteiger partial charge in [0.05, 0.1) is 12.8 Å². The standard InChI is InChI=1S/C8H12N2O2S/c1-4-12-8(11)6-5-9-10(2)7(6)13-3/h5H,4H2,1-3H3. The van der Waals surface area contributed by atoms with E-state index in [1.54, 1.807) is 18.7 Å². The highest BCUT2D eigenvalue weighted by molar-refractivity contribution is 7.98. The first kappa shape index (κ1) is 10.1. The average Bonchev–Trinajstić information content (AvgIpc) is 2.47. The molecule has 1 aromatic rings. The molecule has 1 rings (SSSR count). The molecule has 4 nitrogen and oxygen atoms in total. The fourth-order valence-corrected chi connectivity index (χ4v) is 1.68. The lowest BCUT2D eigenvalue weighted by Gasteiger charge is -2.01. The molecule has 0 fully saturated rings. The van der Waals surface area contributed by atoms with Crippen LogP contribution in [0.2, 0.25) is 0 Å². The number of carbonyl (C=O) groups is 1. The molecule has 1 aromatic heterocycles. The van der Waals surface area contributed by atoms with Gasteiger partial charge in [0.15, 0.2) is 0 Å². The minimum Gasteiger partial charge on any atom is -0.462 e. The summed E-state index contributed by atoms with van der Waals surface area (Å²) in [5, 5.41) is 4.82. The molecule has 72 valence electrons. The maximum Gasteiger partial charge on any atom is 0.342 e. The number of nitrogens with zero attached hydrogens (tertiary/aromatic N) is 2. The summed E-state index contributed by atoms with van der Waals surface area (Å²) in [5.74, 6) is -0.306. The van der Waals surface area contributed by atoms with E-state index >= 15 is 0 Å². The van der Waals surface area contributed by atoms with Crippen LogP contribution in [0, 0.1) is 0 Å². The summed E-state index contributed by atoms with van der Waals surface area (Å²) in [5.41, 5.74) is 0.539. The first-order valence-corrected chi connectivity index (χ1v) is 5.16. The summed E-state index contributed by atoms with van der Waals surface area (Å²) in [6, 6.07) is 0. The number of hydrogen-bond donors (Lipinski definition) is 0. The van der Waals surface area contributed by atoms with Gasteiger partial charge in [0.25, 0.3) is 0 Å². The minimum atomic E-state index is -0.306. The second-order valence-electron chi connectivity index (χ2n) is 2.41. The Labute approximate surface area is 81.3 Å². The molecule has 0 unspecified atom stereocenters. The number of carbonyl (C=O) groups excluding carboxylic acids is 1. The summed E-state index contributed by atoms with van der Waals surface area (Å²) < 4.78 is 6.54. The Hall–Kier alpha value is -0.970. The minimum absolute atomic E-state index is 0.306. The van der Waals surface area contributed by atoms with Gasteiger partial charge in [-0.2, -0.15) is 5.10 Å². The number of aryl methyl sites for hydroxylation is 1. The maximum absolute atomic E-state index is 11.3. The van der Waals surface area contributed by atoms with Crippen molar-refractivity contribution < 1.29 is 9.53 Å². The van der Waals surface area contributed by atoms with Crippen LogP contribution in [0.25, 0.3) is 0 Å². The van der Waals surface area contributed by atoms with Gasteiger partial charge in [-0.05, 0) is 13.2 Å². The number of hydrogen-bond acceptors (Lipinski definition) is 4. The Morgan fingerprint density at radius 3 is 3.00 bits per heavy atom. The molecule has 1 heterocycles. The number of rotatable bonds is 3. The number of thioether (sulfide) groups is 1. The van der Waals surface area contributed by atoms with Crippen molar-refractivity contribution >= 4 is 17.7 Å². The van der Waals surface area contributed by atoms with Gasteiger partial charge in [0, 0.05) is 7.05 Å². The van der Waals surface area contributed by atoms with Crippen LogP contribution in [-0.2, 0) is 11.8 Å². The van der Waals surface area contributed by atoms with Crippen molar-refractivity contribution in [1.29, 1.82) is 0 Å². The molecule has 0 aliphatic heterocycles. The Bertz CT molecular complexity index is 309. The van der Waals surface area contributed by atoms with Gasteiger partial charge in [-0.15, -0.1) is 11.8 Å². The summed E-state index contributed by atoms with van der Waals surface area (Å²) in [4.78, 5) is 11.3. The van der Waals surface area contributed by atoms with Gasteiger partial charge < -0.3 is 4.74 Å². The topological polar surface area (TPSA) is 44.1 Å². The van der Waals surface area contributed by atoms with Crippen molar-refractivity contribution in [2.75, 3.05) is 12.9 Å². The number of aromatic nitrogens is 2. The smallest absolute Gasteiger partial charge is 0.342 e. The predicted octanol–water partition coefficient (Wildman–Crippen LogP) is 1.32. The second-order valence-corrected chi connectivity index (χ2v) is 3.21. The van der Waals surface area contributed by atoms with Crippen LogP contribution in [0.15, 0.2) is 11.2 Å². The molecule has 5 heteroatoms. The molecule has 0 spiro atoms. The summed E-state index contributed by atoms with van der Waals surface area (Å²) in [7, 11) is 1.80. The lowest BCUT2D eigenvalue weighted by Crippen LogP contribution is -2.05. The fourth-order valence-electron chi connectivity index (χ4n) is 1.02. The molecule has 0 atom stereocenters. The van der Waals surface area contributed by atoms with E-state index in [0.717, 1.165) is 5.03 Å². The van der Waals surface area contributed by atoms with E-state index in [4.69, 9.17) is 4.74 Å². The first-order valence-electron chi connectivity index (χ1n) is 3.93. The zero-order chi connectivity index (χ0) is 9.84. The maximum atomic E-state index is 11.3. The molecule has 0 aliphatic rings. The van der Waals surface area contributed by atoms with Crippen LogP contribution in [0.4, 0.5) is 0 Å². The van der Waals surface area contributed by atoms with Gasteiger partial charge in [0.1, 0.15) is 10.6 Å². The molecule has 0 bridgehead atoms. The SMILES string of the molecule is CCOC(=O)c1cnn(C)c1SC. The van der Waals surface area contributed by atoms with Crippen molar-refractivity contribution in [2.45, 2.75) is 11.9 Å². The van der Waals surface area contributed by atoms with E-state index in [0.29, 0.717) is 12.2 Å². The van der Waals surface area contributed by atoms with Crippen LogP contribution in [-0.4, -0.2) is 28.6 Å². The Morgan fingerprint density at radius 1 is 1.77 bits per heavy atom. The van der Waals surface area contributed by atoms with E-state index in [-0.39, 0.29) is 5.97 Å². The summed E-state index contributed by atoms with van der Waals surface area (Å²) in [6.07, 6.45) is 3.43. The molecular formula is C8H12N2O2S. The number of esters is 1. The highest BCUT2D eigenvalue weighted by atomic mass is 32.2. The molecule has 0 saturated carbocycles. The van der Waals surface area contributed by atoms with E-state index in [1.807, 2.05) is 6.26 Å². The summed E-state index contributed by atoms with van der Waals surface area (Å²) >= 11 is 1.48. The third-order valence-corrected chi connectivity index (χ3v) is 2.44. The third-order valence-electron chi connectivity index (χ3n) is 1.57. The molecule has 0 radical (unpaired) electrons. The van der Waals surface area contributed by atoms with Crippen LogP contribution < -0.4 is 0 Å². The van der Waals surface area contributed by atoms with Crippen LogP contribution in [0.3, 0.4) is 0 Å². The first-order chi connectivity index (χ1) is 6.20. The molecule has 0 amide bonds. The van der Waals surface area contributed by atoms with Crippen molar-refractivity contribution in [2.24, 2.45) is 7.05 Å². The quantitative estimate of drug-likeness (QED) is 0.545. The van der Waals surface area contributed by atoms with Gasteiger partial charge >= 0.3 is 5.97 Å². The van der Waals surface area contributed by atoms with Crippen molar-refractivity contribution in [3.05, 3.63) is 11.8 Å². The molecule has 0 aliphatic carbocycles. The van der Waals surface area contributed by atoms with Gasteiger partial charge in [-0.3, -0.25) is 4.68 Å². The molecular weight excluding hydrogens is 188 g/mol. The van der Waals surface area contributed by atoms with Crippen LogP contribution in [0.5, 0.6) is 0 Å². The zero-order valence-electron chi connectivity index (χ0n) is 7.90. The lowest BCUT2D eigenvalue weighted by molar-refractivity contribution is 0.0522. The normalized spacial score (nSPS) is 10.1. The van der Waals surface area contributed by atoms with E-state index in [2.05, 4.69) is 5.10 Å².